The Bertz CT molecular complexity index is 763. The summed E-state index contributed by atoms with van der Waals surface area (Å²) in [5.41, 5.74) is 4.56. The highest BCUT2D eigenvalue weighted by Gasteiger charge is 2.28. The number of amides is 1. The number of anilines is 2. The van der Waals surface area contributed by atoms with Gasteiger partial charge in [0.2, 0.25) is 0 Å². The van der Waals surface area contributed by atoms with Crippen LogP contribution in [0.25, 0.3) is 0 Å². The van der Waals surface area contributed by atoms with Crippen LogP contribution < -0.4 is 9.91 Å². The van der Waals surface area contributed by atoms with Crippen molar-refractivity contribution in [3.8, 4) is 0 Å². The van der Waals surface area contributed by atoms with E-state index in [0.29, 0.717) is 26.3 Å². The van der Waals surface area contributed by atoms with Crippen molar-refractivity contribution in [1.82, 2.24) is 9.91 Å². The van der Waals surface area contributed by atoms with Crippen molar-refractivity contribution in [2.75, 3.05) is 62.3 Å². The molecule has 2 heterocycles. The fraction of sp³-hybridized carbons (Fsp3) is 0.720. The molecule has 1 amide bonds. The Morgan fingerprint density at radius 2 is 1.69 bits per heavy atom. The molecule has 0 aliphatic carbocycles. The average Bonchev–Trinajstić information content (AvgIpc) is 3.28. The topological polar surface area (TPSA) is 48.5 Å². The number of carbonyl (C=O) groups excluding carboxylic acids is 1. The molecule has 0 radical (unpaired) electrons. The van der Waals surface area contributed by atoms with Gasteiger partial charge in [0.05, 0.1) is 12.3 Å². The van der Waals surface area contributed by atoms with Crippen LogP contribution in [0.4, 0.5) is 16.2 Å². The maximum atomic E-state index is 12.5. The summed E-state index contributed by atoms with van der Waals surface area (Å²) in [7, 11) is 0. The molecule has 0 aromatic heterocycles. The zero-order valence-electron chi connectivity index (χ0n) is 20.9. The lowest BCUT2D eigenvalue weighted by molar-refractivity contribution is 0.0240. The van der Waals surface area contributed by atoms with Gasteiger partial charge < -0.3 is 24.3 Å². The number of hydrogen-bond donors (Lipinski definition) is 0. The number of carbonyl (C=O) groups is 1. The van der Waals surface area contributed by atoms with Gasteiger partial charge in [0.1, 0.15) is 5.60 Å². The first kappa shape index (κ1) is 24.6. The summed E-state index contributed by atoms with van der Waals surface area (Å²) in [6, 6.07) is 4.57. The fourth-order valence-electron chi connectivity index (χ4n) is 4.56. The molecule has 0 saturated carbocycles. The van der Waals surface area contributed by atoms with Crippen molar-refractivity contribution in [2.24, 2.45) is 0 Å². The number of ether oxygens (including phenoxy) is 2. The van der Waals surface area contributed by atoms with E-state index >= 15 is 0 Å². The number of hydrazine groups is 1. The monoisotopic (exact) mass is 446 g/mol. The van der Waals surface area contributed by atoms with Gasteiger partial charge in [-0.25, -0.2) is 9.80 Å². The third-order valence-corrected chi connectivity index (χ3v) is 6.16. The minimum Gasteiger partial charge on any atom is -0.444 e. The Kier molecular flexibility index (Phi) is 8.28. The average molecular weight is 447 g/mol. The van der Waals surface area contributed by atoms with Crippen molar-refractivity contribution in [3.05, 3.63) is 23.3 Å². The van der Waals surface area contributed by atoms with E-state index in [2.05, 4.69) is 40.9 Å². The van der Waals surface area contributed by atoms with Crippen molar-refractivity contribution in [2.45, 2.75) is 66.6 Å². The smallest absolute Gasteiger partial charge is 0.410 e. The van der Waals surface area contributed by atoms with Crippen LogP contribution in [0.1, 0.15) is 58.6 Å². The summed E-state index contributed by atoms with van der Waals surface area (Å²) in [6.45, 7) is 19.7. The lowest BCUT2D eigenvalue weighted by Gasteiger charge is -2.39. The summed E-state index contributed by atoms with van der Waals surface area (Å²) in [6.07, 6.45) is 2.30. The molecule has 3 rings (SSSR count). The molecule has 0 unspecified atom stereocenters. The molecule has 7 heteroatoms. The SMILES string of the molecule is CCOCc1cc(N2CCN(C(=O)OC(C)(C)C)CC2)c(C)c(N(CC)N2CCCC2)c1. The molecule has 7 nitrogen and oxygen atoms in total. The highest BCUT2D eigenvalue weighted by Crippen LogP contribution is 2.34. The molecule has 32 heavy (non-hydrogen) atoms. The van der Waals surface area contributed by atoms with Gasteiger partial charge in [-0.3, -0.25) is 0 Å². The Hall–Kier alpha value is -1.99. The molecule has 2 fully saturated rings. The number of nitrogens with zero attached hydrogens (tertiary/aromatic N) is 4. The molecule has 2 aliphatic rings. The van der Waals surface area contributed by atoms with Crippen LogP contribution in [0.3, 0.4) is 0 Å². The number of rotatable bonds is 7. The van der Waals surface area contributed by atoms with E-state index in [4.69, 9.17) is 9.47 Å². The second kappa shape index (κ2) is 10.8. The van der Waals surface area contributed by atoms with E-state index in [1.54, 1.807) is 0 Å². The van der Waals surface area contributed by atoms with E-state index in [0.717, 1.165) is 32.7 Å². The van der Waals surface area contributed by atoms with Crippen molar-refractivity contribution in [1.29, 1.82) is 0 Å². The zero-order valence-corrected chi connectivity index (χ0v) is 20.9. The van der Waals surface area contributed by atoms with Crippen LogP contribution in [0.5, 0.6) is 0 Å². The molecule has 0 spiro atoms. The molecular weight excluding hydrogens is 404 g/mol. The van der Waals surface area contributed by atoms with Gasteiger partial charge in [0.15, 0.2) is 0 Å². The van der Waals surface area contributed by atoms with E-state index in [-0.39, 0.29) is 6.09 Å². The van der Waals surface area contributed by atoms with Crippen LogP contribution >= 0.6 is 0 Å². The lowest BCUT2D eigenvalue weighted by atomic mass is 10.0. The molecule has 0 atom stereocenters. The third kappa shape index (κ3) is 6.07. The second-order valence-electron chi connectivity index (χ2n) is 9.73. The quantitative estimate of drug-likeness (QED) is 0.618. The Balaban J connectivity index is 1.81. The lowest BCUT2D eigenvalue weighted by Crippen LogP contribution is -2.50. The van der Waals surface area contributed by atoms with Crippen LogP contribution in [-0.4, -0.2) is 74.0 Å². The highest BCUT2D eigenvalue weighted by atomic mass is 16.6. The van der Waals surface area contributed by atoms with Gasteiger partial charge in [-0.2, -0.15) is 0 Å². The predicted molar refractivity (Wildman–Crippen MR) is 130 cm³/mol. The number of hydrogen-bond acceptors (Lipinski definition) is 6. The normalized spacial score (nSPS) is 17.7. The van der Waals surface area contributed by atoms with Gasteiger partial charge >= 0.3 is 6.09 Å². The molecule has 180 valence electrons. The zero-order chi connectivity index (χ0) is 23.3. The Labute approximate surface area is 194 Å². The van der Waals surface area contributed by atoms with Crippen molar-refractivity contribution < 1.29 is 14.3 Å². The van der Waals surface area contributed by atoms with Gasteiger partial charge in [-0.15, -0.1) is 0 Å². The molecule has 2 saturated heterocycles. The Morgan fingerprint density at radius 3 is 2.25 bits per heavy atom. The van der Waals surface area contributed by atoms with Crippen LogP contribution in [0, 0.1) is 6.92 Å². The van der Waals surface area contributed by atoms with Crippen LogP contribution in [-0.2, 0) is 16.1 Å². The second-order valence-corrected chi connectivity index (χ2v) is 9.73. The van der Waals surface area contributed by atoms with Crippen LogP contribution in [0.2, 0.25) is 0 Å². The van der Waals surface area contributed by atoms with E-state index < -0.39 is 5.60 Å². The molecule has 0 N–H and O–H groups in total. The third-order valence-electron chi connectivity index (χ3n) is 6.16. The first-order valence-electron chi connectivity index (χ1n) is 12.2. The standard InChI is InChI=1S/C25H42N4O3/c1-7-29(28-11-9-10-12-28)23-18-21(19-31-8-2)17-22(20(23)3)26-13-15-27(16-14-26)24(30)32-25(4,5)6/h17-18H,7-16,19H2,1-6H3. The minimum absolute atomic E-state index is 0.217. The van der Waals surface area contributed by atoms with E-state index in [9.17, 15) is 4.79 Å². The van der Waals surface area contributed by atoms with Crippen LogP contribution in [0.15, 0.2) is 12.1 Å². The summed E-state index contributed by atoms with van der Waals surface area (Å²) in [4.78, 5) is 16.7. The largest absolute Gasteiger partial charge is 0.444 e. The Morgan fingerprint density at radius 1 is 1.03 bits per heavy atom. The predicted octanol–water partition coefficient (Wildman–Crippen LogP) is 4.43. The molecule has 1 aromatic rings. The van der Waals surface area contributed by atoms with Gasteiger partial charge in [-0.1, -0.05) is 0 Å². The van der Waals surface area contributed by atoms with Gasteiger partial charge in [0.25, 0.3) is 0 Å². The fourth-order valence-corrected chi connectivity index (χ4v) is 4.56. The summed E-state index contributed by atoms with van der Waals surface area (Å²) >= 11 is 0. The first-order chi connectivity index (χ1) is 15.2. The minimum atomic E-state index is -0.466. The van der Waals surface area contributed by atoms with E-state index in [1.165, 1.54) is 35.3 Å². The molecule has 2 aliphatic heterocycles. The van der Waals surface area contributed by atoms with Crippen molar-refractivity contribution >= 4 is 17.5 Å². The number of benzene rings is 1. The van der Waals surface area contributed by atoms with Gasteiger partial charge in [0, 0.05) is 58.1 Å². The first-order valence-corrected chi connectivity index (χ1v) is 12.2. The van der Waals surface area contributed by atoms with Gasteiger partial charge in [-0.05, 0) is 77.6 Å². The molecule has 0 bridgehead atoms. The maximum Gasteiger partial charge on any atom is 0.410 e. The highest BCUT2D eigenvalue weighted by molar-refractivity contribution is 5.71. The van der Waals surface area contributed by atoms with Crippen molar-refractivity contribution in [3.63, 3.8) is 0 Å². The molecular formula is C25H42N4O3. The molecule has 1 aromatic carbocycles. The summed E-state index contributed by atoms with van der Waals surface area (Å²) < 4.78 is 11.3. The summed E-state index contributed by atoms with van der Waals surface area (Å²) in [5.74, 6) is 0. The number of piperazine rings is 1. The summed E-state index contributed by atoms with van der Waals surface area (Å²) in [5, 5.41) is 4.93. The maximum absolute atomic E-state index is 12.5. The van der Waals surface area contributed by atoms with E-state index in [1.807, 2.05) is 32.6 Å².